The summed E-state index contributed by atoms with van der Waals surface area (Å²) in [6.45, 7) is 8.47. The van der Waals surface area contributed by atoms with E-state index in [1.807, 2.05) is 39.0 Å². The third kappa shape index (κ3) is 3.19. The maximum absolute atomic E-state index is 12.5. The first kappa shape index (κ1) is 16.6. The van der Waals surface area contributed by atoms with Crippen LogP contribution < -0.4 is 5.32 Å². The van der Waals surface area contributed by atoms with E-state index in [-0.39, 0.29) is 17.7 Å². The first-order valence-electron chi connectivity index (χ1n) is 8.12. The molecule has 0 aliphatic rings. The van der Waals surface area contributed by atoms with Crippen molar-refractivity contribution in [1.82, 2.24) is 20.5 Å². The molecular weight excluding hydrogens is 320 g/mol. The third-order valence-corrected chi connectivity index (χ3v) is 5.59. The van der Waals surface area contributed by atoms with E-state index in [0.717, 1.165) is 27.5 Å². The van der Waals surface area contributed by atoms with E-state index in [2.05, 4.69) is 33.5 Å². The van der Waals surface area contributed by atoms with Gasteiger partial charge in [0.1, 0.15) is 0 Å². The Morgan fingerprint density at radius 1 is 1.29 bits per heavy atom. The fourth-order valence-corrected chi connectivity index (χ4v) is 3.94. The molecule has 6 heteroatoms. The van der Waals surface area contributed by atoms with Crippen molar-refractivity contribution in [2.24, 2.45) is 0 Å². The molecule has 24 heavy (non-hydrogen) atoms. The standard InChI is InChI=1S/C18H22N4OS/c1-10(18-20-14-7-5-6-8-15(14)24-18)9-19-17(23)11(2)16-12(3)21-22-13(16)4/h5-8,10-11H,9H2,1-4H3,(H,19,23)(H,21,22). The summed E-state index contributed by atoms with van der Waals surface area (Å²) in [6.07, 6.45) is 0. The zero-order valence-corrected chi connectivity index (χ0v) is 15.2. The van der Waals surface area contributed by atoms with E-state index < -0.39 is 0 Å². The summed E-state index contributed by atoms with van der Waals surface area (Å²) in [5.41, 5.74) is 3.84. The second-order valence-electron chi connectivity index (χ2n) is 6.24. The first-order chi connectivity index (χ1) is 11.5. The topological polar surface area (TPSA) is 70.7 Å². The molecule has 1 amide bonds. The normalized spacial score (nSPS) is 13.8. The van der Waals surface area contributed by atoms with E-state index in [0.29, 0.717) is 6.54 Å². The number of amides is 1. The van der Waals surface area contributed by atoms with Crippen LogP contribution in [-0.2, 0) is 4.79 Å². The molecule has 0 saturated carbocycles. The maximum atomic E-state index is 12.5. The first-order valence-corrected chi connectivity index (χ1v) is 8.93. The van der Waals surface area contributed by atoms with Gasteiger partial charge in [0.2, 0.25) is 5.91 Å². The quantitative estimate of drug-likeness (QED) is 0.743. The zero-order chi connectivity index (χ0) is 17.3. The number of fused-ring (bicyclic) bond motifs is 1. The molecule has 0 aliphatic heterocycles. The van der Waals surface area contributed by atoms with Crippen LogP contribution >= 0.6 is 11.3 Å². The maximum Gasteiger partial charge on any atom is 0.227 e. The molecule has 1 aromatic carbocycles. The highest BCUT2D eigenvalue weighted by atomic mass is 32.1. The van der Waals surface area contributed by atoms with E-state index in [9.17, 15) is 4.79 Å². The molecule has 2 unspecified atom stereocenters. The van der Waals surface area contributed by atoms with Gasteiger partial charge in [-0.15, -0.1) is 11.3 Å². The predicted molar refractivity (Wildman–Crippen MR) is 97.5 cm³/mol. The number of aryl methyl sites for hydroxylation is 2. The van der Waals surface area contributed by atoms with Gasteiger partial charge in [0, 0.05) is 23.7 Å². The lowest BCUT2D eigenvalue weighted by Crippen LogP contribution is -2.31. The number of nitrogens with zero attached hydrogens (tertiary/aromatic N) is 2. The van der Waals surface area contributed by atoms with Crippen LogP contribution in [0.2, 0.25) is 0 Å². The molecule has 0 saturated heterocycles. The molecule has 0 spiro atoms. The van der Waals surface area contributed by atoms with Gasteiger partial charge in [0.25, 0.3) is 0 Å². The van der Waals surface area contributed by atoms with Gasteiger partial charge < -0.3 is 5.32 Å². The van der Waals surface area contributed by atoms with Crippen molar-refractivity contribution in [3.8, 4) is 0 Å². The van der Waals surface area contributed by atoms with Crippen molar-refractivity contribution >= 4 is 27.5 Å². The van der Waals surface area contributed by atoms with E-state index in [4.69, 9.17) is 0 Å². The second-order valence-corrected chi connectivity index (χ2v) is 7.30. The Balaban J connectivity index is 1.65. The van der Waals surface area contributed by atoms with Crippen LogP contribution in [0.5, 0.6) is 0 Å². The number of nitrogens with one attached hydrogen (secondary N) is 2. The highest BCUT2D eigenvalue weighted by Gasteiger charge is 2.22. The van der Waals surface area contributed by atoms with Gasteiger partial charge in [-0.3, -0.25) is 9.89 Å². The Morgan fingerprint density at radius 2 is 2.04 bits per heavy atom. The number of hydrogen-bond donors (Lipinski definition) is 2. The molecule has 0 bridgehead atoms. The number of carbonyl (C=O) groups is 1. The van der Waals surface area contributed by atoms with Crippen molar-refractivity contribution in [1.29, 1.82) is 0 Å². The van der Waals surface area contributed by atoms with E-state index in [1.165, 1.54) is 4.70 Å². The fraction of sp³-hybridized carbons (Fsp3) is 0.389. The molecule has 0 aliphatic carbocycles. The Kier molecular flexibility index (Phi) is 4.66. The van der Waals surface area contributed by atoms with E-state index >= 15 is 0 Å². The molecular formula is C18H22N4OS. The number of hydrogen-bond acceptors (Lipinski definition) is 4. The minimum Gasteiger partial charge on any atom is -0.355 e. The Morgan fingerprint density at radius 3 is 2.71 bits per heavy atom. The third-order valence-electron chi connectivity index (χ3n) is 4.33. The van der Waals surface area contributed by atoms with Crippen LogP contribution in [-0.4, -0.2) is 27.6 Å². The van der Waals surface area contributed by atoms with Crippen LogP contribution in [0, 0.1) is 13.8 Å². The number of thiazole rings is 1. The Bertz CT molecular complexity index is 814. The molecule has 2 atom stereocenters. The van der Waals surface area contributed by atoms with Crippen molar-refractivity contribution in [3.05, 3.63) is 46.2 Å². The van der Waals surface area contributed by atoms with Crippen LogP contribution in [0.1, 0.15) is 47.6 Å². The smallest absolute Gasteiger partial charge is 0.227 e. The molecule has 2 aromatic heterocycles. The Hall–Kier alpha value is -2.21. The number of rotatable bonds is 5. The molecule has 0 radical (unpaired) electrons. The van der Waals surface area contributed by atoms with Crippen LogP contribution in [0.15, 0.2) is 24.3 Å². The number of aromatic amines is 1. The lowest BCUT2D eigenvalue weighted by atomic mass is 9.98. The van der Waals surface area contributed by atoms with Crippen LogP contribution in [0.25, 0.3) is 10.2 Å². The molecule has 5 nitrogen and oxygen atoms in total. The van der Waals surface area contributed by atoms with Crippen molar-refractivity contribution in [2.45, 2.75) is 39.5 Å². The van der Waals surface area contributed by atoms with Gasteiger partial charge in [-0.05, 0) is 32.9 Å². The average Bonchev–Trinajstić information content (AvgIpc) is 3.15. The van der Waals surface area contributed by atoms with Gasteiger partial charge >= 0.3 is 0 Å². The fourth-order valence-electron chi connectivity index (χ4n) is 2.92. The number of benzene rings is 1. The number of carbonyl (C=O) groups excluding carboxylic acids is 1. The minimum absolute atomic E-state index is 0.0237. The van der Waals surface area contributed by atoms with Crippen LogP contribution in [0.4, 0.5) is 0 Å². The average molecular weight is 342 g/mol. The van der Waals surface area contributed by atoms with Crippen molar-refractivity contribution < 1.29 is 4.79 Å². The second kappa shape index (κ2) is 6.73. The number of para-hydroxylation sites is 1. The van der Waals surface area contributed by atoms with Gasteiger partial charge in [-0.25, -0.2) is 4.98 Å². The zero-order valence-electron chi connectivity index (χ0n) is 14.4. The summed E-state index contributed by atoms with van der Waals surface area (Å²) in [7, 11) is 0. The molecule has 126 valence electrons. The SMILES string of the molecule is Cc1n[nH]c(C)c1C(C)C(=O)NCC(C)c1nc2ccccc2s1. The van der Waals surface area contributed by atoms with Crippen LogP contribution in [0.3, 0.4) is 0 Å². The van der Waals surface area contributed by atoms with Crippen molar-refractivity contribution in [2.75, 3.05) is 6.54 Å². The predicted octanol–water partition coefficient (Wildman–Crippen LogP) is 3.66. The summed E-state index contributed by atoms with van der Waals surface area (Å²) in [4.78, 5) is 17.1. The van der Waals surface area contributed by atoms with Gasteiger partial charge in [0.15, 0.2) is 0 Å². The number of H-pyrrole nitrogens is 1. The molecule has 2 N–H and O–H groups in total. The van der Waals surface area contributed by atoms with Gasteiger partial charge in [-0.1, -0.05) is 19.1 Å². The van der Waals surface area contributed by atoms with Gasteiger partial charge in [-0.2, -0.15) is 5.10 Å². The monoisotopic (exact) mass is 342 g/mol. The van der Waals surface area contributed by atoms with Gasteiger partial charge in [0.05, 0.1) is 26.8 Å². The minimum atomic E-state index is -0.216. The summed E-state index contributed by atoms with van der Waals surface area (Å²) < 4.78 is 1.18. The molecule has 3 aromatic rings. The Labute approximate surface area is 145 Å². The summed E-state index contributed by atoms with van der Waals surface area (Å²) in [5.74, 6) is -0.00743. The summed E-state index contributed by atoms with van der Waals surface area (Å²) in [5, 5.41) is 11.2. The largest absolute Gasteiger partial charge is 0.355 e. The summed E-state index contributed by atoms with van der Waals surface area (Å²) >= 11 is 1.69. The lowest BCUT2D eigenvalue weighted by Gasteiger charge is -2.15. The number of aromatic nitrogens is 3. The highest BCUT2D eigenvalue weighted by molar-refractivity contribution is 7.18. The summed E-state index contributed by atoms with van der Waals surface area (Å²) in [6, 6.07) is 8.12. The van der Waals surface area contributed by atoms with E-state index in [1.54, 1.807) is 11.3 Å². The lowest BCUT2D eigenvalue weighted by molar-refractivity contribution is -0.122. The highest BCUT2D eigenvalue weighted by Crippen LogP contribution is 2.27. The van der Waals surface area contributed by atoms with Crippen molar-refractivity contribution in [3.63, 3.8) is 0 Å². The molecule has 3 rings (SSSR count). The molecule has 2 heterocycles. The molecule has 0 fully saturated rings.